The average Bonchev–Trinajstić information content (AvgIpc) is 2.34. The predicted octanol–water partition coefficient (Wildman–Crippen LogP) is 1.03. The molecule has 1 saturated heterocycles. The van der Waals surface area contributed by atoms with Gasteiger partial charge in [-0.2, -0.15) is 0 Å². The average molecular weight is 262 g/mol. The standard InChI is InChI=1S/C15H22N2O2/c1-11(2)15(19)9-17(10-15)14(18)13-5-3-4-12(8-13)6-7-16/h3-5,8,11,19H,6-7,9-10,16H2,1-2H3. The Morgan fingerprint density at radius 1 is 1.47 bits per heavy atom. The molecular weight excluding hydrogens is 240 g/mol. The third kappa shape index (κ3) is 2.80. The van der Waals surface area contributed by atoms with Crippen molar-refractivity contribution in [3.05, 3.63) is 35.4 Å². The van der Waals surface area contributed by atoms with Gasteiger partial charge < -0.3 is 15.7 Å². The van der Waals surface area contributed by atoms with E-state index in [4.69, 9.17) is 5.73 Å². The van der Waals surface area contributed by atoms with E-state index in [9.17, 15) is 9.90 Å². The lowest BCUT2D eigenvalue weighted by molar-refractivity contribution is -0.110. The molecule has 4 heteroatoms. The maximum atomic E-state index is 12.3. The van der Waals surface area contributed by atoms with Gasteiger partial charge in [0.2, 0.25) is 0 Å². The fourth-order valence-corrected chi connectivity index (χ4v) is 2.33. The normalized spacial score (nSPS) is 17.4. The molecule has 1 amide bonds. The fraction of sp³-hybridized carbons (Fsp3) is 0.533. The number of hydrogen-bond donors (Lipinski definition) is 2. The van der Waals surface area contributed by atoms with E-state index in [-0.39, 0.29) is 11.8 Å². The van der Waals surface area contributed by atoms with Crippen molar-refractivity contribution >= 4 is 5.91 Å². The van der Waals surface area contributed by atoms with Crippen molar-refractivity contribution in [3.63, 3.8) is 0 Å². The van der Waals surface area contributed by atoms with Crippen molar-refractivity contribution in [3.8, 4) is 0 Å². The van der Waals surface area contributed by atoms with E-state index in [0.717, 1.165) is 12.0 Å². The summed E-state index contributed by atoms with van der Waals surface area (Å²) in [6, 6.07) is 7.56. The van der Waals surface area contributed by atoms with Crippen LogP contribution in [0.1, 0.15) is 29.8 Å². The van der Waals surface area contributed by atoms with Crippen molar-refractivity contribution in [2.24, 2.45) is 11.7 Å². The van der Waals surface area contributed by atoms with Crippen LogP contribution < -0.4 is 5.73 Å². The molecule has 0 saturated carbocycles. The zero-order chi connectivity index (χ0) is 14.0. The number of rotatable bonds is 4. The van der Waals surface area contributed by atoms with Crippen LogP contribution in [0.4, 0.5) is 0 Å². The van der Waals surface area contributed by atoms with Crippen LogP contribution in [0.2, 0.25) is 0 Å². The lowest BCUT2D eigenvalue weighted by Crippen LogP contribution is -2.65. The number of benzene rings is 1. The Morgan fingerprint density at radius 2 is 2.16 bits per heavy atom. The molecule has 0 aliphatic carbocycles. The summed E-state index contributed by atoms with van der Waals surface area (Å²) < 4.78 is 0. The zero-order valence-electron chi connectivity index (χ0n) is 11.6. The van der Waals surface area contributed by atoms with Gasteiger partial charge in [-0.3, -0.25) is 4.79 Å². The molecule has 1 aliphatic heterocycles. The first-order valence-electron chi connectivity index (χ1n) is 6.77. The summed E-state index contributed by atoms with van der Waals surface area (Å²) in [5.74, 6) is 0.157. The molecule has 3 N–H and O–H groups in total. The Bertz CT molecular complexity index is 465. The van der Waals surface area contributed by atoms with E-state index in [2.05, 4.69) is 0 Å². The Balaban J connectivity index is 2.04. The van der Waals surface area contributed by atoms with Crippen LogP contribution in [-0.2, 0) is 6.42 Å². The van der Waals surface area contributed by atoms with Crippen LogP contribution in [0.5, 0.6) is 0 Å². The van der Waals surface area contributed by atoms with Crippen LogP contribution in [0.25, 0.3) is 0 Å². The van der Waals surface area contributed by atoms with Gasteiger partial charge in [-0.15, -0.1) is 0 Å². The molecule has 4 nitrogen and oxygen atoms in total. The third-order valence-corrected chi connectivity index (χ3v) is 3.90. The van der Waals surface area contributed by atoms with Crippen molar-refractivity contribution in [2.75, 3.05) is 19.6 Å². The Hall–Kier alpha value is -1.39. The van der Waals surface area contributed by atoms with Gasteiger partial charge in [-0.25, -0.2) is 0 Å². The minimum Gasteiger partial charge on any atom is -0.386 e. The number of hydrogen-bond acceptors (Lipinski definition) is 3. The van der Waals surface area contributed by atoms with Crippen molar-refractivity contribution in [2.45, 2.75) is 25.9 Å². The molecule has 1 fully saturated rings. The summed E-state index contributed by atoms with van der Waals surface area (Å²) >= 11 is 0. The number of nitrogens with zero attached hydrogens (tertiary/aromatic N) is 1. The van der Waals surface area contributed by atoms with Gasteiger partial charge in [-0.1, -0.05) is 26.0 Å². The second-order valence-corrected chi connectivity index (χ2v) is 5.66. The molecular formula is C15H22N2O2. The minimum atomic E-state index is -0.718. The molecule has 0 bridgehead atoms. The van der Waals surface area contributed by atoms with Gasteiger partial charge in [-0.05, 0) is 36.6 Å². The number of likely N-dealkylation sites (tertiary alicyclic amines) is 1. The molecule has 0 atom stereocenters. The summed E-state index contributed by atoms with van der Waals surface area (Å²) in [6.45, 7) is 5.37. The van der Waals surface area contributed by atoms with Gasteiger partial charge in [0.25, 0.3) is 5.91 Å². The van der Waals surface area contributed by atoms with E-state index < -0.39 is 5.60 Å². The van der Waals surface area contributed by atoms with Crippen LogP contribution in [-0.4, -0.2) is 41.1 Å². The highest BCUT2D eigenvalue weighted by Gasteiger charge is 2.45. The molecule has 0 unspecified atom stereocenters. The largest absolute Gasteiger partial charge is 0.386 e. The highest BCUT2D eigenvalue weighted by molar-refractivity contribution is 5.95. The van der Waals surface area contributed by atoms with Gasteiger partial charge >= 0.3 is 0 Å². The first-order valence-corrected chi connectivity index (χ1v) is 6.77. The summed E-state index contributed by atoms with van der Waals surface area (Å²) in [7, 11) is 0. The molecule has 2 rings (SSSR count). The highest BCUT2D eigenvalue weighted by Crippen LogP contribution is 2.29. The molecule has 1 aromatic carbocycles. The maximum Gasteiger partial charge on any atom is 0.254 e. The predicted molar refractivity (Wildman–Crippen MR) is 74.9 cm³/mol. The monoisotopic (exact) mass is 262 g/mol. The summed E-state index contributed by atoms with van der Waals surface area (Å²) in [6.07, 6.45) is 0.775. The van der Waals surface area contributed by atoms with Gasteiger partial charge in [0.15, 0.2) is 0 Å². The SMILES string of the molecule is CC(C)C1(O)CN(C(=O)c2cccc(CCN)c2)C1. The zero-order valence-corrected chi connectivity index (χ0v) is 11.6. The minimum absolute atomic E-state index is 0.0100. The van der Waals surface area contributed by atoms with Crippen LogP contribution >= 0.6 is 0 Å². The first-order chi connectivity index (χ1) is 8.96. The summed E-state index contributed by atoms with van der Waals surface area (Å²) in [5.41, 5.74) is 6.56. The van der Waals surface area contributed by atoms with Crippen LogP contribution in [0, 0.1) is 5.92 Å². The maximum absolute atomic E-state index is 12.3. The number of carbonyl (C=O) groups is 1. The van der Waals surface area contributed by atoms with Crippen LogP contribution in [0.3, 0.4) is 0 Å². The van der Waals surface area contributed by atoms with Crippen molar-refractivity contribution in [1.29, 1.82) is 0 Å². The molecule has 19 heavy (non-hydrogen) atoms. The van der Waals surface area contributed by atoms with E-state index in [0.29, 0.717) is 25.2 Å². The Labute approximate surface area is 114 Å². The molecule has 1 aromatic rings. The smallest absolute Gasteiger partial charge is 0.254 e. The van der Waals surface area contributed by atoms with Crippen molar-refractivity contribution in [1.82, 2.24) is 4.90 Å². The van der Waals surface area contributed by atoms with E-state index in [1.807, 2.05) is 38.1 Å². The van der Waals surface area contributed by atoms with Gasteiger partial charge in [0, 0.05) is 5.56 Å². The fourth-order valence-electron chi connectivity index (χ4n) is 2.33. The summed E-state index contributed by atoms with van der Waals surface area (Å²) in [4.78, 5) is 14.0. The second kappa shape index (κ2) is 5.31. The molecule has 1 aliphatic rings. The summed E-state index contributed by atoms with van der Waals surface area (Å²) in [5, 5.41) is 10.2. The number of β-amino-alcohol motifs (C(OH)–C–C–N with tert-alkyl or cyclic N) is 1. The van der Waals surface area contributed by atoms with Crippen molar-refractivity contribution < 1.29 is 9.90 Å². The van der Waals surface area contributed by atoms with Gasteiger partial charge in [0.05, 0.1) is 13.1 Å². The Kier molecular flexibility index (Phi) is 3.92. The molecule has 0 spiro atoms. The number of carbonyl (C=O) groups excluding carboxylic acids is 1. The number of amides is 1. The van der Waals surface area contributed by atoms with E-state index in [1.165, 1.54) is 0 Å². The molecule has 1 heterocycles. The second-order valence-electron chi connectivity index (χ2n) is 5.66. The lowest BCUT2D eigenvalue weighted by Gasteiger charge is -2.49. The first kappa shape index (κ1) is 14.0. The number of nitrogens with two attached hydrogens (primary N) is 1. The highest BCUT2D eigenvalue weighted by atomic mass is 16.3. The molecule has 104 valence electrons. The third-order valence-electron chi connectivity index (χ3n) is 3.90. The number of aliphatic hydroxyl groups is 1. The Morgan fingerprint density at radius 3 is 2.74 bits per heavy atom. The lowest BCUT2D eigenvalue weighted by atomic mass is 9.82. The van der Waals surface area contributed by atoms with Gasteiger partial charge in [0.1, 0.15) is 5.60 Å². The molecule has 0 radical (unpaired) electrons. The van der Waals surface area contributed by atoms with Crippen LogP contribution in [0.15, 0.2) is 24.3 Å². The van der Waals surface area contributed by atoms with E-state index >= 15 is 0 Å². The molecule has 0 aromatic heterocycles. The topological polar surface area (TPSA) is 66.6 Å². The van der Waals surface area contributed by atoms with E-state index in [1.54, 1.807) is 4.90 Å². The quantitative estimate of drug-likeness (QED) is 0.851.